The van der Waals surface area contributed by atoms with Gasteiger partial charge >= 0.3 is 0 Å². The van der Waals surface area contributed by atoms with Crippen LogP contribution in [0.15, 0.2) is 53.6 Å². The van der Waals surface area contributed by atoms with E-state index in [0.717, 1.165) is 11.3 Å². The minimum atomic E-state index is -0.421. The fourth-order valence-corrected chi connectivity index (χ4v) is 2.07. The Morgan fingerprint density at radius 1 is 1.04 bits per heavy atom. The molecule has 0 aromatic heterocycles. The smallest absolute Gasteiger partial charge is 0.259 e. The summed E-state index contributed by atoms with van der Waals surface area (Å²) in [4.78, 5) is 23.7. The summed E-state index contributed by atoms with van der Waals surface area (Å²) in [5.41, 5.74) is 4.33. The van der Waals surface area contributed by atoms with Gasteiger partial charge in [-0.2, -0.15) is 5.10 Å². The molecule has 0 atom stereocenters. The van der Waals surface area contributed by atoms with E-state index in [1.165, 1.54) is 0 Å². The van der Waals surface area contributed by atoms with Crippen LogP contribution in [0.2, 0.25) is 5.02 Å². The summed E-state index contributed by atoms with van der Waals surface area (Å²) in [6.07, 6.45) is 0. The zero-order chi connectivity index (χ0) is 18.2. The molecule has 0 bridgehead atoms. The van der Waals surface area contributed by atoms with Crippen molar-refractivity contribution in [3.8, 4) is 5.75 Å². The Kier molecular flexibility index (Phi) is 6.54. The Balaban J connectivity index is 1.84. The zero-order valence-corrected chi connectivity index (χ0v) is 14.6. The van der Waals surface area contributed by atoms with E-state index >= 15 is 0 Å². The van der Waals surface area contributed by atoms with Crippen molar-refractivity contribution >= 4 is 29.1 Å². The summed E-state index contributed by atoms with van der Waals surface area (Å²) in [5.74, 6) is -0.0386. The van der Waals surface area contributed by atoms with Crippen LogP contribution in [0.5, 0.6) is 5.75 Å². The van der Waals surface area contributed by atoms with E-state index < -0.39 is 5.91 Å². The van der Waals surface area contributed by atoms with Crippen molar-refractivity contribution in [2.45, 2.75) is 6.92 Å². The number of carbonyl (C=O) groups excluding carboxylic acids is 2. The van der Waals surface area contributed by atoms with Gasteiger partial charge in [0.05, 0.1) is 19.4 Å². The molecule has 25 heavy (non-hydrogen) atoms. The molecule has 0 aliphatic heterocycles. The zero-order valence-electron chi connectivity index (χ0n) is 13.9. The molecule has 0 heterocycles. The lowest BCUT2D eigenvalue weighted by Gasteiger charge is -2.06. The third-order valence-corrected chi connectivity index (χ3v) is 3.62. The van der Waals surface area contributed by atoms with Crippen molar-refractivity contribution in [2.75, 3.05) is 13.7 Å². The number of nitrogens with one attached hydrogen (secondary N) is 2. The van der Waals surface area contributed by atoms with Gasteiger partial charge < -0.3 is 10.1 Å². The van der Waals surface area contributed by atoms with Crippen molar-refractivity contribution in [3.05, 3.63) is 64.7 Å². The molecule has 0 aliphatic carbocycles. The van der Waals surface area contributed by atoms with Gasteiger partial charge in [-0.3, -0.25) is 9.59 Å². The molecule has 7 heteroatoms. The van der Waals surface area contributed by atoms with Crippen LogP contribution >= 0.6 is 11.6 Å². The number of carbonyl (C=O) groups is 2. The van der Waals surface area contributed by atoms with Crippen LogP contribution in [-0.2, 0) is 4.79 Å². The van der Waals surface area contributed by atoms with Gasteiger partial charge in [0.15, 0.2) is 0 Å². The summed E-state index contributed by atoms with van der Waals surface area (Å²) in [7, 11) is 1.59. The molecular weight excluding hydrogens is 342 g/mol. The summed E-state index contributed by atoms with van der Waals surface area (Å²) >= 11 is 5.76. The minimum absolute atomic E-state index is 0.180. The number of hydrogen-bond acceptors (Lipinski definition) is 4. The highest BCUT2D eigenvalue weighted by Crippen LogP contribution is 2.12. The molecule has 2 aromatic rings. The van der Waals surface area contributed by atoms with E-state index in [4.69, 9.17) is 16.3 Å². The molecule has 0 aliphatic rings. The predicted octanol–water partition coefficient (Wildman–Crippen LogP) is 2.62. The SMILES string of the molecule is COc1ccc(/C(C)=N/NC(=O)CNC(=O)c2ccc(Cl)cc2)cc1. The highest BCUT2D eigenvalue weighted by atomic mass is 35.5. The monoisotopic (exact) mass is 359 g/mol. The molecule has 0 fully saturated rings. The first kappa shape index (κ1) is 18.5. The van der Waals surface area contributed by atoms with Crippen LogP contribution in [0.3, 0.4) is 0 Å². The number of halogens is 1. The van der Waals surface area contributed by atoms with E-state index in [1.807, 2.05) is 24.3 Å². The van der Waals surface area contributed by atoms with Gasteiger partial charge in [0.1, 0.15) is 5.75 Å². The Morgan fingerprint density at radius 2 is 1.64 bits per heavy atom. The molecule has 2 N–H and O–H groups in total. The summed E-state index contributed by atoms with van der Waals surface area (Å²) < 4.78 is 5.09. The minimum Gasteiger partial charge on any atom is -0.497 e. The first-order valence-electron chi connectivity index (χ1n) is 7.51. The Morgan fingerprint density at radius 3 is 2.24 bits per heavy atom. The molecule has 2 rings (SSSR count). The lowest BCUT2D eigenvalue weighted by Crippen LogP contribution is -2.35. The van der Waals surface area contributed by atoms with Gasteiger partial charge in [-0.1, -0.05) is 11.6 Å². The van der Waals surface area contributed by atoms with Crippen LogP contribution in [0.25, 0.3) is 0 Å². The number of benzene rings is 2. The third kappa shape index (κ3) is 5.61. The van der Waals surface area contributed by atoms with Crippen LogP contribution in [-0.4, -0.2) is 31.2 Å². The topological polar surface area (TPSA) is 79.8 Å². The van der Waals surface area contributed by atoms with E-state index in [9.17, 15) is 9.59 Å². The van der Waals surface area contributed by atoms with Gasteiger partial charge in [-0.15, -0.1) is 0 Å². The van der Waals surface area contributed by atoms with Gasteiger partial charge in [0.2, 0.25) is 0 Å². The molecule has 0 saturated carbocycles. The van der Waals surface area contributed by atoms with Crippen LogP contribution in [0, 0.1) is 0 Å². The second-order valence-corrected chi connectivity index (χ2v) is 5.59. The standard InChI is InChI=1S/C18H18ClN3O3/c1-12(13-5-9-16(25-2)10-6-13)21-22-17(23)11-20-18(24)14-3-7-15(19)8-4-14/h3-10H,11H2,1-2H3,(H,20,24)(H,22,23)/b21-12+. The number of amides is 2. The summed E-state index contributed by atoms with van der Waals surface area (Å²) in [6, 6.07) is 13.7. The lowest BCUT2D eigenvalue weighted by molar-refractivity contribution is -0.120. The number of hydrogen-bond donors (Lipinski definition) is 2. The molecule has 2 amide bonds. The maximum Gasteiger partial charge on any atom is 0.259 e. The van der Waals surface area contributed by atoms with Crippen molar-refractivity contribution in [1.29, 1.82) is 0 Å². The maximum absolute atomic E-state index is 11.9. The van der Waals surface area contributed by atoms with Gasteiger partial charge in [0.25, 0.3) is 11.8 Å². The van der Waals surface area contributed by atoms with Crippen molar-refractivity contribution < 1.29 is 14.3 Å². The van der Waals surface area contributed by atoms with Crippen LogP contribution in [0.4, 0.5) is 0 Å². The van der Waals surface area contributed by atoms with Crippen molar-refractivity contribution in [2.24, 2.45) is 5.10 Å². The fourth-order valence-electron chi connectivity index (χ4n) is 1.95. The molecule has 2 aromatic carbocycles. The van der Waals surface area contributed by atoms with Gasteiger partial charge in [-0.05, 0) is 61.0 Å². The first-order valence-corrected chi connectivity index (χ1v) is 7.88. The Hall–Kier alpha value is -2.86. The average molecular weight is 360 g/mol. The number of nitrogens with zero attached hydrogens (tertiary/aromatic N) is 1. The molecular formula is C18H18ClN3O3. The van der Waals surface area contributed by atoms with Crippen LogP contribution in [0.1, 0.15) is 22.8 Å². The summed E-state index contributed by atoms with van der Waals surface area (Å²) in [5, 5.41) is 7.08. The highest BCUT2D eigenvalue weighted by molar-refractivity contribution is 6.30. The number of ether oxygens (including phenoxy) is 1. The molecule has 0 spiro atoms. The first-order chi connectivity index (χ1) is 12.0. The third-order valence-electron chi connectivity index (χ3n) is 3.37. The van der Waals surface area contributed by atoms with Crippen molar-refractivity contribution in [3.63, 3.8) is 0 Å². The lowest BCUT2D eigenvalue weighted by atomic mass is 10.1. The highest BCUT2D eigenvalue weighted by Gasteiger charge is 2.07. The van der Waals surface area contributed by atoms with Gasteiger partial charge in [0, 0.05) is 10.6 Å². The number of methoxy groups -OCH3 is 1. The molecule has 0 radical (unpaired) electrons. The predicted molar refractivity (Wildman–Crippen MR) is 97.1 cm³/mol. The Bertz CT molecular complexity index is 771. The normalized spacial score (nSPS) is 10.9. The second kappa shape index (κ2) is 8.84. The number of rotatable bonds is 6. The molecule has 6 nitrogen and oxygen atoms in total. The van der Waals surface area contributed by atoms with E-state index in [1.54, 1.807) is 38.3 Å². The Labute approximate surface area is 150 Å². The van der Waals surface area contributed by atoms with E-state index in [0.29, 0.717) is 16.3 Å². The summed E-state index contributed by atoms with van der Waals surface area (Å²) in [6.45, 7) is 1.59. The maximum atomic E-state index is 11.9. The van der Waals surface area contributed by atoms with Crippen LogP contribution < -0.4 is 15.5 Å². The molecule has 130 valence electrons. The number of hydrazone groups is 1. The molecule has 0 saturated heterocycles. The van der Waals surface area contributed by atoms with Gasteiger partial charge in [-0.25, -0.2) is 5.43 Å². The largest absolute Gasteiger partial charge is 0.497 e. The van der Waals surface area contributed by atoms with Crippen molar-refractivity contribution in [1.82, 2.24) is 10.7 Å². The average Bonchev–Trinajstić information content (AvgIpc) is 2.64. The quantitative estimate of drug-likeness (QED) is 0.614. The van der Waals surface area contributed by atoms with E-state index in [-0.39, 0.29) is 12.5 Å². The van der Waals surface area contributed by atoms with E-state index in [2.05, 4.69) is 15.8 Å². The second-order valence-electron chi connectivity index (χ2n) is 5.15. The molecule has 0 unspecified atom stereocenters. The fraction of sp³-hybridized carbons (Fsp3) is 0.167.